The number of hydrogen-bond acceptors (Lipinski definition) is 2. The lowest BCUT2D eigenvalue weighted by atomic mass is 9.87. The fourth-order valence-corrected chi connectivity index (χ4v) is 2.02. The Hall–Kier alpha value is -0.0800. The highest BCUT2D eigenvalue weighted by Gasteiger charge is 2.23. The predicted molar refractivity (Wildman–Crippen MR) is 76.4 cm³/mol. The van der Waals surface area contributed by atoms with Gasteiger partial charge in [-0.1, -0.05) is 53.9 Å². The van der Waals surface area contributed by atoms with Crippen molar-refractivity contribution in [2.45, 2.75) is 66.3 Å². The monoisotopic (exact) mass is 243 g/mol. The smallest absolute Gasteiger partial charge is 0.0624 e. The summed E-state index contributed by atoms with van der Waals surface area (Å²) in [4.78, 5) is 0. The molecule has 0 radical (unpaired) electrons. The van der Waals surface area contributed by atoms with Crippen molar-refractivity contribution < 1.29 is 4.74 Å². The Labute approximate surface area is 109 Å². The molecule has 0 aliphatic heterocycles. The first-order valence-electron chi connectivity index (χ1n) is 7.20. The summed E-state index contributed by atoms with van der Waals surface area (Å²) in [7, 11) is 2.02. The highest BCUT2D eigenvalue weighted by atomic mass is 16.5. The molecule has 0 aromatic rings. The average molecular weight is 243 g/mol. The highest BCUT2D eigenvalue weighted by molar-refractivity contribution is 4.78. The molecule has 0 heterocycles. The van der Waals surface area contributed by atoms with Crippen molar-refractivity contribution in [1.82, 2.24) is 5.32 Å². The van der Waals surface area contributed by atoms with Gasteiger partial charge < -0.3 is 10.1 Å². The molecule has 0 spiro atoms. The second-order valence-electron chi connectivity index (χ2n) is 6.16. The van der Waals surface area contributed by atoms with E-state index in [0.29, 0.717) is 6.04 Å². The third-order valence-electron chi connectivity index (χ3n) is 3.58. The molecule has 0 fully saturated rings. The zero-order chi connectivity index (χ0) is 13.3. The molecule has 104 valence electrons. The number of nitrogens with one attached hydrogen (secondary N) is 1. The zero-order valence-corrected chi connectivity index (χ0v) is 12.8. The molecule has 0 aromatic heterocycles. The number of rotatable bonds is 9. The Balaban J connectivity index is 3.86. The minimum absolute atomic E-state index is 0.264. The average Bonchev–Trinajstić information content (AvgIpc) is 2.26. The SMILES string of the molecule is CCCCC(CC)COCC(NC)C(C)(C)C. The van der Waals surface area contributed by atoms with E-state index in [4.69, 9.17) is 4.74 Å². The van der Waals surface area contributed by atoms with E-state index in [-0.39, 0.29) is 5.41 Å². The maximum atomic E-state index is 5.90. The predicted octanol–water partition coefficient (Wildman–Crippen LogP) is 3.85. The third-order valence-corrected chi connectivity index (χ3v) is 3.58. The summed E-state index contributed by atoms with van der Waals surface area (Å²) in [6.45, 7) is 13.0. The summed E-state index contributed by atoms with van der Waals surface area (Å²) in [5.74, 6) is 0.743. The van der Waals surface area contributed by atoms with Crippen LogP contribution < -0.4 is 5.32 Å². The van der Waals surface area contributed by atoms with Crippen LogP contribution in [-0.2, 0) is 4.74 Å². The Morgan fingerprint density at radius 2 is 1.76 bits per heavy atom. The van der Waals surface area contributed by atoms with Crippen molar-refractivity contribution in [3.63, 3.8) is 0 Å². The molecule has 2 heteroatoms. The molecule has 17 heavy (non-hydrogen) atoms. The van der Waals surface area contributed by atoms with Crippen LogP contribution in [0.3, 0.4) is 0 Å². The van der Waals surface area contributed by atoms with E-state index in [1.165, 1.54) is 25.7 Å². The largest absolute Gasteiger partial charge is 0.380 e. The molecule has 2 unspecified atom stereocenters. The molecule has 1 N–H and O–H groups in total. The summed E-state index contributed by atoms with van der Waals surface area (Å²) >= 11 is 0. The van der Waals surface area contributed by atoms with Gasteiger partial charge >= 0.3 is 0 Å². The number of hydrogen-bond donors (Lipinski definition) is 1. The maximum Gasteiger partial charge on any atom is 0.0624 e. The van der Waals surface area contributed by atoms with Gasteiger partial charge in [-0.3, -0.25) is 0 Å². The van der Waals surface area contributed by atoms with Gasteiger partial charge in [0.25, 0.3) is 0 Å². The second-order valence-corrected chi connectivity index (χ2v) is 6.16. The fourth-order valence-electron chi connectivity index (χ4n) is 2.02. The van der Waals surface area contributed by atoms with E-state index in [9.17, 15) is 0 Å². The van der Waals surface area contributed by atoms with Crippen LogP contribution in [0.2, 0.25) is 0 Å². The molecule has 0 bridgehead atoms. The summed E-state index contributed by atoms with van der Waals surface area (Å²) in [6, 6.07) is 0.436. The van der Waals surface area contributed by atoms with Gasteiger partial charge in [0.05, 0.1) is 6.61 Å². The van der Waals surface area contributed by atoms with Crippen LogP contribution in [-0.4, -0.2) is 26.3 Å². The van der Waals surface area contributed by atoms with Crippen molar-refractivity contribution in [2.75, 3.05) is 20.3 Å². The first-order valence-corrected chi connectivity index (χ1v) is 7.20. The van der Waals surface area contributed by atoms with Crippen LogP contribution in [0.5, 0.6) is 0 Å². The Kier molecular flexibility index (Phi) is 8.89. The molecule has 0 saturated carbocycles. The van der Waals surface area contributed by atoms with E-state index in [0.717, 1.165) is 19.1 Å². The van der Waals surface area contributed by atoms with Crippen molar-refractivity contribution in [1.29, 1.82) is 0 Å². The molecular weight excluding hydrogens is 210 g/mol. The van der Waals surface area contributed by atoms with E-state index in [2.05, 4.69) is 39.9 Å². The van der Waals surface area contributed by atoms with E-state index in [1.54, 1.807) is 0 Å². The van der Waals surface area contributed by atoms with E-state index < -0.39 is 0 Å². The molecule has 0 aromatic carbocycles. The van der Waals surface area contributed by atoms with Gasteiger partial charge in [-0.25, -0.2) is 0 Å². The van der Waals surface area contributed by atoms with Crippen molar-refractivity contribution in [3.8, 4) is 0 Å². The highest BCUT2D eigenvalue weighted by Crippen LogP contribution is 2.20. The fraction of sp³-hybridized carbons (Fsp3) is 1.00. The third kappa shape index (κ3) is 7.77. The molecule has 2 nitrogen and oxygen atoms in total. The lowest BCUT2D eigenvalue weighted by Crippen LogP contribution is -2.42. The van der Waals surface area contributed by atoms with Crippen LogP contribution in [0.15, 0.2) is 0 Å². The standard InChI is InChI=1S/C15H33NO/c1-7-9-10-13(8-2)11-17-12-14(16-6)15(3,4)5/h13-14,16H,7-12H2,1-6H3. The Morgan fingerprint density at radius 1 is 1.12 bits per heavy atom. The maximum absolute atomic E-state index is 5.90. The topological polar surface area (TPSA) is 21.3 Å². The molecule has 0 aliphatic rings. The van der Waals surface area contributed by atoms with Crippen LogP contribution in [0.25, 0.3) is 0 Å². The van der Waals surface area contributed by atoms with Crippen LogP contribution in [0.1, 0.15) is 60.3 Å². The van der Waals surface area contributed by atoms with Gasteiger partial charge in [-0.15, -0.1) is 0 Å². The molecular formula is C15H33NO. The Bertz CT molecular complexity index is 174. The number of unbranched alkanes of at least 4 members (excludes halogenated alkanes) is 1. The first kappa shape index (κ1) is 16.9. The number of ether oxygens (including phenoxy) is 1. The lowest BCUT2D eigenvalue weighted by molar-refractivity contribution is 0.0527. The van der Waals surface area contributed by atoms with Gasteiger partial charge in [-0.2, -0.15) is 0 Å². The second kappa shape index (κ2) is 8.93. The Morgan fingerprint density at radius 3 is 2.18 bits per heavy atom. The normalized spacial score (nSPS) is 15.9. The summed E-state index contributed by atoms with van der Waals surface area (Å²) < 4.78 is 5.90. The van der Waals surface area contributed by atoms with Crippen molar-refractivity contribution in [2.24, 2.45) is 11.3 Å². The molecule has 0 aliphatic carbocycles. The minimum atomic E-state index is 0.264. The molecule has 0 saturated heterocycles. The summed E-state index contributed by atoms with van der Waals surface area (Å²) in [6.07, 6.45) is 5.17. The molecule has 0 amide bonds. The van der Waals surface area contributed by atoms with Crippen molar-refractivity contribution >= 4 is 0 Å². The molecule has 2 atom stereocenters. The van der Waals surface area contributed by atoms with Gasteiger partial charge in [0.2, 0.25) is 0 Å². The van der Waals surface area contributed by atoms with Crippen LogP contribution in [0.4, 0.5) is 0 Å². The molecule has 0 rings (SSSR count). The van der Waals surface area contributed by atoms with E-state index >= 15 is 0 Å². The summed E-state index contributed by atoms with van der Waals surface area (Å²) in [5.41, 5.74) is 0.264. The summed E-state index contributed by atoms with van der Waals surface area (Å²) in [5, 5.41) is 3.35. The lowest BCUT2D eigenvalue weighted by Gasteiger charge is -2.30. The zero-order valence-electron chi connectivity index (χ0n) is 12.8. The minimum Gasteiger partial charge on any atom is -0.380 e. The van der Waals surface area contributed by atoms with Gasteiger partial charge in [-0.05, 0) is 24.8 Å². The first-order chi connectivity index (χ1) is 7.95. The number of likely N-dealkylation sites (N-methyl/N-ethyl adjacent to an activating group) is 1. The van der Waals surface area contributed by atoms with E-state index in [1.807, 2.05) is 7.05 Å². The van der Waals surface area contributed by atoms with Crippen LogP contribution in [0, 0.1) is 11.3 Å². The van der Waals surface area contributed by atoms with Gasteiger partial charge in [0.1, 0.15) is 0 Å². The van der Waals surface area contributed by atoms with Gasteiger partial charge in [0.15, 0.2) is 0 Å². The quantitative estimate of drug-likeness (QED) is 0.664. The van der Waals surface area contributed by atoms with Crippen molar-refractivity contribution in [3.05, 3.63) is 0 Å². The van der Waals surface area contributed by atoms with Crippen LogP contribution >= 0.6 is 0 Å². The van der Waals surface area contributed by atoms with Gasteiger partial charge in [0, 0.05) is 12.6 Å².